The van der Waals surface area contributed by atoms with Crippen LogP contribution in [0.1, 0.15) is 161 Å². The number of nitrogens with zero attached hydrogens (tertiary/aromatic N) is 4. The first kappa shape index (κ1) is 42.8. The molecule has 9 aliphatic carbocycles. The van der Waals surface area contributed by atoms with E-state index in [0.717, 1.165) is 116 Å². The van der Waals surface area contributed by atoms with Crippen molar-refractivity contribution in [2.24, 2.45) is 79.6 Å². The van der Waals surface area contributed by atoms with Gasteiger partial charge < -0.3 is 20.4 Å². The van der Waals surface area contributed by atoms with Crippen LogP contribution in [0, 0.1) is 59.2 Å². The first-order chi connectivity index (χ1) is 28.8. The Morgan fingerprint density at radius 2 is 1.17 bits per heavy atom. The molecule has 9 saturated carbocycles. The molecule has 0 aromatic carbocycles. The molecule has 0 saturated heterocycles. The Hall–Kier alpha value is -1.53. The second-order valence-corrected chi connectivity index (χ2v) is 21.8. The number of azo groups is 2. The second kappa shape index (κ2) is 19.5. The van der Waals surface area contributed by atoms with Gasteiger partial charge in [-0.3, -0.25) is 9.59 Å². The highest BCUT2D eigenvalue weighted by atomic mass is 35.5. The lowest BCUT2D eigenvalue weighted by atomic mass is 9.64. The molecular weight excluding hydrogens is 764 g/mol. The Bertz CT molecular complexity index is 1500. The van der Waals surface area contributed by atoms with Gasteiger partial charge in [-0.15, -0.1) is 11.6 Å². The van der Waals surface area contributed by atoms with Gasteiger partial charge in [-0.2, -0.15) is 25.9 Å². The van der Waals surface area contributed by atoms with E-state index in [1.165, 1.54) is 44.9 Å². The number of aliphatic hydroxyl groups is 2. The largest absolute Gasteiger partial charge is 0.390 e. The minimum atomic E-state index is -0.805. The minimum Gasteiger partial charge on any atom is -0.390 e. The number of hydrogen-bond acceptors (Lipinski definition) is 10. The minimum absolute atomic E-state index is 0.0103. The summed E-state index contributed by atoms with van der Waals surface area (Å²) < 4.78 is 0. The number of Topliss-reactive ketones (excluding diaryl/α,β-unsaturated/α-hetero) is 1. The van der Waals surface area contributed by atoms with Crippen LogP contribution in [0.2, 0.25) is 0 Å². The van der Waals surface area contributed by atoms with Gasteiger partial charge in [0.15, 0.2) is 0 Å². The van der Waals surface area contributed by atoms with Crippen molar-refractivity contribution in [1.29, 1.82) is 0 Å². The number of ketones is 1. The zero-order chi connectivity index (χ0) is 40.5. The molecule has 0 spiro atoms. The SMILES string of the molecule is O=C(NC1CCCCC1)C1CC2CCCCC2C(N=NC2CCC3C(C2)C(=O)C2CC(N=NC4C(O)C(CONC5CCCCC5Cl)CC5CCCCC54)CCC23)C1O. The first-order valence-corrected chi connectivity index (χ1v) is 25.3. The van der Waals surface area contributed by atoms with Crippen molar-refractivity contribution in [3.05, 3.63) is 0 Å². The number of amides is 1. The van der Waals surface area contributed by atoms with Crippen molar-refractivity contribution in [3.8, 4) is 0 Å². The number of nitrogens with one attached hydrogen (secondary N) is 2. The van der Waals surface area contributed by atoms with Gasteiger partial charge in [0.25, 0.3) is 0 Å². The van der Waals surface area contributed by atoms with E-state index in [1.807, 2.05) is 0 Å². The molecule has 330 valence electrons. The number of carbonyl (C=O) groups excluding carboxylic acids is 2. The Labute approximate surface area is 358 Å². The lowest BCUT2D eigenvalue weighted by Gasteiger charge is -2.45. The van der Waals surface area contributed by atoms with Gasteiger partial charge in [-0.05, 0) is 125 Å². The molecule has 4 N–H and O–H groups in total. The maximum absolute atomic E-state index is 14.2. The average Bonchev–Trinajstić information content (AvgIpc) is 3.53. The highest BCUT2D eigenvalue weighted by Gasteiger charge is 2.54. The van der Waals surface area contributed by atoms with Crippen molar-refractivity contribution >= 4 is 23.3 Å². The van der Waals surface area contributed by atoms with Gasteiger partial charge in [0.1, 0.15) is 17.9 Å². The number of alkyl halides is 1. The molecule has 0 radical (unpaired) electrons. The summed E-state index contributed by atoms with van der Waals surface area (Å²) in [6, 6.07) is -0.144. The summed E-state index contributed by atoms with van der Waals surface area (Å²) in [6.07, 6.45) is 25.0. The smallest absolute Gasteiger partial charge is 0.226 e. The summed E-state index contributed by atoms with van der Waals surface area (Å²) in [5.41, 5.74) is 3.25. The summed E-state index contributed by atoms with van der Waals surface area (Å²) in [5, 5.41) is 46.8. The third kappa shape index (κ3) is 9.41. The summed E-state index contributed by atoms with van der Waals surface area (Å²) in [5.74, 6) is 2.47. The Balaban J connectivity index is 0.807. The lowest BCUT2D eigenvalue weighted by molar-refractivity contribution is -0.135. The fraction of sp³-hybridized carbons (Fsp3) is 0.957. The molecule has 0 heterocycles. The molecule has 0 aromatic heterocycles. The predicted octanol–water partition coefficient (Wildman–Crippen LogP) is 8.68. The van der Waals surface area contributed by atoms with Gasteiger partial charge in [-0.25, -0.2) is 0 Å². The molecule has 18 unspecified atom stereocenters. The van der Waals surface area contributed by atoms with Crippen LogP contribution in [0.4, 0.5) is 0 Å². The van der Waals surface area contributed by atoms with E-state index in [9.17, 15) is 19.8 Å². The Morgan fingerprint density at radius 1 is 0.610 bits per heavy atom. The molecule has 0 aliphatic heterocycles. The summed E-state index contributed by atoms with van der Waals surface area (Å²) in [6.45, 7) is 0.460. The fourth-order valence-corrected chi connectivity index (χ4v) is 14.9. The maximum Gasteiger partial charge on any atom is 0.226 e. The van der Waals surface area contributed by atoms with Crippen LogP contribution < -0.4 is 10.8 Å². The number of hydroxylamine groups is 1. The summed E-state index contributed by atoms with van der Waals surface area (Å²) >= 11 is 6.58. The molecule has 9 aliphatic rings. The zero-order valence-electron chi connectivity index (χ0n) is 35.6. The van der Waals surface area contributed by atoms with Crippen LogP contribution in [0.3, 0.4) is 0 Å². The Kier molecular flexibility index (Phi) is 14.1. The van der Waals surface area contributed by atoms with Crippen molar-refractivity contribution in [2.45, 2.75) is 214 Å². The molecule has 11 nitrogen and oxygen atoms in total. The van der Waals surface area contributed by atoms with E-state index in [-0.39, 0.29) is 71.2 Å². The molecule has 18 atom stereocenters. The van der Waals surface area contributed by atoms with Gasteiger partial charge >= 0.3 is 0 Å². The lowest BCUT2D eigenvalue weighted by Crippen LogP contribution is -2.54. The topological polar surface area (TPSA) is 157 Å². The highest BCUT2D eigenvalue weighted by Crippen LogP contribution is 2.54. The third-order valence-electron chi connectivity index (χ3n) is 17.8. The van der Waals surface area contributed by atoms with Crippen molar-refractivity contribution < 1.29 is 24.6 Å². The van der Waals surface area contributed by atoms with E-state index in [1.54, 1.807) is 0 Å². The van der Waals surface area contributed by atoms with Crippen molar-refractivity contribution in [3.63, 3.8) is 0 Å². The maximum atomic E-state index is 14.2. The molecule has 12 heteroatoms. The van der Waals surface area contributed by atoms with E-state index in [2.05, 4.69) is 10.8 Å². The standard InChI is InChI=1S/C47H75ClN6O5/c48-40-16-8-9-17-41(40)54-59-26-29-22-27-10-4-6-14-33(27)42(44(29)55)52-50-31-18-20-35-36-21-19-32(25-38(36)45(56)37(35)24-31)51-53-43-34-15-7-5-11-28(34)23-39(46(43)57)47(58)49-30-12-2-1-3-13-30/h27-44,46,54-55,57H,1-26H2,(H,49,58). The van der Waals surface area contributed by atoms with Crippen LogP contribution >= 0.6 is 11.6 Å². The van der Waals surface area contributed by atoms with Gasteiger partial charge in [0.05, 0.1) is 42.2 Å². The van der Waals surface area contributed by atoms with Crippen molar-refractivity contribution in [2.75, 3.05) is 6.61 Å². The number of rotatable bonds is 10. The predicted molar refractivity (Wildman–Crippen MR) is 227 cm³/mol. The van der Waals surface area contributed by atoms with E-state index in [4.69, 9.17) is 36.9 Å². The van der Waals surface area contributed by atoms with Gasteiger partial charge in [-0.1, -0.05) is 70.6 Å². The number of aliphatic hydroxyl groups excluding tert-OH is 2. The molecule has 1 amide bonds. The van der Waals surface area contributed by atoms with Crippen LogP contribution in [-0.2, 0) is 14.4 Å². The number of hydrogen-bond donors (Lipinski definition) is 4. The molecule has 9 rings (SSSR count). The Morgan fingerprint density at radius 3 is 1.81 bits per heavy atom. The van der Waals surface area contributed by atoms with Crippen molar-refractivity contribution in [1.82, 2.24) is 10.8 Å². The number of carbonyl (C=O) groups is 2. The normalized spacial score (nSPS) is 47.0. The fourth-order valence-electron chi connectivity index (χ4n) is 14.6. The van der Waals surface area contributed by atoms with E-state index >= 15 is 0 Å². The zero-order valence-corrected chi connectivity index (χ0v) is 36.4. The molecule has 0 aromatic rings. The van der Waals surface area contributed by atoms with E-state index < -0.39 is 18.1 Å². The quantitative estimate of drug-likeness (QED) is 0.0980. The summed E-state index contributed by atoms with van der Waals surface area (Å²) in [7, 11) is 0. The van der Waals surface area contributed by atoms with Crippen LogP contribution in [0.15, 0.2) is 20.5 Å². The van der Waals surface area contributed by atoms with E-state index in [0.29, 0.717) is 42.0 Å². The monoisotopic (exact) mass is 839 g/mol. The molecule has 0 bridgehead atoms. The number of halogens is 1. The van der Waals surface area contributed by atoms with Crippen LogP contribution in [0.25, 0.3) is 0 Å². The summed E-state index contributed by atoms with van der Waals surface area (Å²) in [4.78, 5) is 33.9. The molecule has 9 fully saturated rings. The number of fused-ring (bicyclic) bond motifs is 5. The van der Waals surface area contributed by atoms with Gasteiger partial charge in [0.2, 0.25) is 5.91 Å². The average molecular weight is 840 g/mol. The molecular formula is C47H75ClN6O5. The first-order valence-electron chi connectivity index (χ1n) is 24.8. The van der Waals surface area contributed by atoms with Crippen LogP contribution in [0.5, 0.6) is 0 Å². The third-order valence-corrected chi connectivity index (χ3v) is 18.4. The molecule has 59 heavy (non-hydrogen) atoms. The second-order valence-electron chi connectivity index (χ2n) is 21.2. The highest BCUT2D eigenvalue weighted by molar-refractivity contribution is 6.21. The van der Waals surface area contributed by atoms with Gasteiger partial charge in [0, 0.05) is 29.8 Å². The van der Waals surface area contributed by atoms with Crippen LogP contribution in [-0.4, -0.2) is 82.3 Å².